The number of aromatic amines is 1. The van der Waals surface area contributed by atoms with Crippen molar-refractivity contribution < 1.29 is 13.2 Å². The van der Waals surface area contributed by atoms with Crippen LogP contribution in [0.15, 0.2) is 24.5 Å². The van der Waals surface area contributed by atoms with E-state index in [1.165, 1.54) is 0 Å². The number of imidazole rings is 1. The van der Waals surface area contributed by atoms with Crippen LogP contribution in [0.2, 0.25) is 0 Å². The van der Waals surface area contributed by atoms with Crippen molar-refractivity contribution in [3.63, 3.8) is 0 Å². The lowest BCUT2D eigenvalue weighted by molar-refractivity contribution is 0.0743. The van der Waals surface area contributed by atoms with E-state index in [2.05, 4.69) is 9.97 Å². The zero-order valence-electron chi connectivity index (χ0n) is 12.0. The Kier molecular flexibility index (Phi) is 3.05. The molecule has 1 aromatic carbocycles. The molecule has 0 atom stereocenters. The number of fused-ring (bicyclic) bond motifs is 1. The molecule has 7 heteroatoms. The highest BCUT2D eigenvalue weighted by Gasteiger charge is 2.41. The van der Waals surface area contributed by atoms with Crippen LogP contribution in [-0.4, -0.2) is 52.8 Å². The Bertz CT molecular complexity index is 808. The summed E-state index contributed by atoms with van der Waals surface area (Å²) < 4.78 is 23.1. The van der Waals surface area contributed by atoms with Gasteiger partial charge in [0.15, 0.2) is 9.84 Å². The average Bonchev–Trinajstić information content (AvgIpc) is 2.88. The second kappa shape index (κ2) is 4.56. The Balaban J connectivity index is 1.88. The fourth-order valence-corrected chi connectivity index (χ4v) is 3.93. The molecule has 0 unspecified atom stereocenters. The number of nitrogens with one attached hydrogen (secondary N) is 1. The van der Waals surface area contributed by atoms with Gasteiger partial charge in [-0.1, -0.05) is 0 Å². The van der Waals surface area contributed by atoms with Gasteiger partial charge in [-0.15, -0.1) is 0 Å². The zero-order chi connectivity index (χ0) is 15.3. The summed E-state index contributed by atoms with van der Waals surface area (Å²) in [7, 11) is -3.15. The highest BCUT2D eigenvalue weighted by Crippen LogP contribution is 2.25. The zero-order valence-corrected chi connectivity index (χ0v) is 12.8. The smallest absolute Gasteiger partial charge is 0.254 e. The van der Waals surface area contributed by atoms with Gasteiger partial charge in [0, 0.05) is 18.7 Å². The minimum atomic E-state index is -3.15. The van der Waals surface area contributed by atoms with Crippen molar-refractivity contribution in [2.45, 2.75) is 18.6 Å². The maximum atomic E-state index is 12.6. The van der Waals surface area contributed by atoms with Gasteiger partial charge in [0.05, 0.1) is 27.9 Å². The number of aromatic nitrogens is 2. The number of hydrogen-bond donors (Lipinski definition) is 1. The second-order valence-electron chi connectivity index (χ2n) is 5.94. The van der Waals surface area contributed by atoms with Crippen molar-refractivity contribution in [3.05, 3.63) is 30.1 Å². The first-order chi connectivity index (χ1) is 9.80. The first-order valence-electron chi connectivity index (χ1n) is 6.75. The summed E-state index contributed by atoms with van der Waals surface area (Å²) in [6.45, 7) is 3.79. The third-order valence-electron chi connectivity index (χ3n) is 4.00. The number of H-pyrrole nitrogens is 1. The van der Waals surface area contributed by atoms with Gasteiger partial charge in [0.2, 0.25) is 0 Å². The molecule has 1 saturated heterocycles. The Hall–Kier alpha value is -1.89. The molecule has 6 nitrogen and oxygen atoms in total. The van der Waals surface area contributed by atoms with E-state index in [1.54, 1.807) is 43.3 Å². The molecule has 0 aliphatic carbocycles. The van der Waals surface area contributed by atoms with Crippen LogP contribution < -0.4 is 0 Å². The monoisotopic (exact) mass is 307 g/mol. The van der Waals surface area contributed by atoms with Gasteiger partial charge in [-0.05, 0) is 32.0 Å². The summed E-state index contributed by atoms with van der Waals surface area (Å²) >= 11 is 0. The Labute approximate surface area is 123 Å². The first-order valence-corrected chi connectivity index (χ1v) is 8.40. The number of carbonyl (C=O) groups is 1. The molecule has 1 fully saturated rings. The van der Waals surface area contributed by atoms with Crippen LogP contribution in [0.4, 0.5) is 0 Å². The number of carbonyl (C=O) groups excluding carboxylic acids is 1. The fourth-order valence-electron chi connectivity index (χ4n) is 2.57. The Morgan fingerprint density at radius 2 is 2.14 bits per heavy atom. The number of rotatable bonds is 1. The normalized spacial score (nSPS) is 20.6. The molecule has 21 heavy (non-hydrogen) atoms. The quantitative estimate of drug-likeness (QED) is 0.858. The number of hydrogen-bond acceptors (Lipinski definition) is 4. The molecule has 2 aromatic rings. The molecule has 1 amide bonds. The van der Waals surface area contributed by atoms with Gasteiger partial charge < -0.3 is 9.88 Å². The number of amides is 1. The average molecular weight is 307 g/mol. The van der Waals surface area contributed by atoms with E-state index in [4.69, 9.17) is 0 Å². The lowest BCUT2D eigenvalue weighted by atomic mass is 10.1. The van der Waals surface area contributed by atoms with Crippen molar-refractivity contribution in [3.8, 4) is 0 Å². The number of benzene rings is 1. The van der Waals surface area contributed by atoms with Crippen molar-refractivity contribution in [2.24, 2.45) is 0 Å². The molecule has 2 heterocycles. The maximum absolute atomic E-state index is 12.6. The first kappa shape index (κ1) is 14.1. The van der Waals surface area contributed by atoms with E-state index in [0.29, 0.717) is 5.56 Å². The van der Waals surface area contributed by atoms with Crippen molar-refractivity contribution in [1.29, 1.82) is 0 Å². The predicted octanol–water partition coefficient (Wildman–Crippen LogP) is 1.21. The van der Waals surface area contributed by atoms with E-state index in [0.717, 1.165) is 11.0 Å². The van der Waals surface area contributed by atoms with Crippen LogP contribution in [0.1, 0.15) is 24.2 Å². The summed E-state index contributed by atoms with van der Waals surface area (Å²) in [6, 6.07) is 5.26. The summed E-state index contributed by atoms with van der Waals surface area (Å²) in [4.78, 5) is 21.3. The predicted molar refractivity (Wildman–Crippen MR) is 79.9 cm³/mol. The third kappa shape index (κ3) is 2.31. The van der Waals surface area contributed by atoms with E-state index in [9.17, 15) is 13.2 Å². The van der Waals surface area contributed by atoms with Gasteiger partial charge >= 0.3 is 0 Å². The Morgan fingerprint density at radius 1 is 1.38 bits per heavy atom. The van der Waals surface area contributed by atoms with Crippen LogP contribution in [0.5, 0.6) is 0 Å². The van der Waals surface area contributed by atoms with Crippen LogP contribution in [0.25, 0.3) is 11.0 Å². The second-order valence-corrected chi connectivity index (χ2v) is 8.68. The SMILES string of the molecule is CC1(C)CN(C(=O)c2ccc3nc[nH]c3c2)CCS1(=O)=O. The molecule has 1 aliphatic rings. The largest absolute Gasteiger partial charge is 0.345 e. The molecule has 1 N–H and O–H groups in total. The lowest BCUT2D eigenvalue weighted by Crippen LogP contribution is -2.54. The standard InChI is InChI=1S/C14H17N3O3S/c1-14(2)8-17(5-6-21(14,19)20)13(18)10-3-4-11-12(7-10)16-9-15-11/h3-4,7,9H,5-6,8H2,1-2H3,(H,15,16). The molecule has 1 aromatic heterocycles. The number of nitrogens with zero attached hydrogens (tertiary/aromatic N) is 2. The van der Waals surface area contributed by atoms with Gasteiger partial charge in [0.25, 0.3) is 5.91 Å². The molecular formula is C14H17N3O3S. The minimum Gasteiger partial charge on any atom is -0.345 e. The Morgan fingerprint density at radius 3 is 2.86 bits per heavy atom. The van der Waals surface area contributed by atoms with Crippen LogP contribution in [-0.2, 0) is 9.84 Å². The van der Waals surface area contributed by atoms with Crippen LogP contribution in [0.3, 0.4) is 0 Å². The molecule has 0 spiro atoms. The fraction of sp³-hybridized carbons (Fsp3) is 0.429. The minimum absolute atomic E-state index is 0.0119. The van der Waals surface area contributed by atoms with Crippen molar-refractivity contribution in [1.82, 2.24) is 14.9 Å². The van der Waals surface area contributed by atoms with Gasteiger partial charge in [0.1, 0.15) is 0 Å². The third-order valence-corrected chi connectivity index (χ3v) is 6.53. The van der Waals surface area contributed by atoms with Gasteiger partial charge in [-0.2, -0.15) is 0 Å². The molecule has 1 aliphatic heterocycles. The topological polar surface area (TPSA) is 83.1 Å². The van der Waals surface area contributed by atoms with Crippen molar-refractivity contribution in [2.75, 3.05) is 18.8 Å². The van der Waals surface area contributed by atoms with Crippen LogP contribution in [0, 0.1) is 0 Å². The van der Waals surface area contributed by atoms with Gasteiger partial charge in [-0.3, -0.25) is 4.79 Å². The highest BCUT2D eigenvalue weighted by atomic mass is 32.2. The van der Waals surface area contributed by atoms with E-state index >= 15 is 0 Å². The highest BCUT2D eigenvalue weighted by molar-refractivity contribution is 7.92. The summed E-state index contributed by atoms with van der Waals surface area (Å²) in [6.07, 6.45) is 1.58. The molecule has 3 rings (SSSR count). The summed E-state index contributed by atoms with van der Waals surface area (Å²) in [5.74, 6) is -0.132. The van der Waals surface area contributed by atoms with Crippen molar-refractivity contribution >= 4 is 26.8 Å². The van der Waals surface area contributed by atoms with E-state index in [1.807, 2.05) is 0 Å². The maximum Gasteiger partial charge on any atom is 0.254 e. The summed E-state index contributed by atoms with van der Waals surface area (Å²) in [5.41, 5.74) is 2.14. The molecule has 112 valence electrons. The molecule has 0 saturated carbocycles. The summed E-state index contributed by atoms with van der Waals surface area (Å²) in [5, 5.41) is 0. The van der Waals surface area contributed by atoms with E-state index < -0.39 is 14.6 Å². The van der Waals surface area contributed by atoms with Gasteiger partial charge in [-0.25, -0.2) is 13.4 Å². The number of sulfone groups is 1. The van der Waals surface area contributed by atoms with Crippen LogP contribution >= 0.6 is 0 Å². The molecule has 0 bridgehead atoms. The van der Waals surface area contributed by atoms with E-state index in [-0.39, 0.29) is 24.7 Å². The molecule has 0 radical (unpaired) electrons. The lowest BCUT2D eigenvalue weighted by Gasteiger charge is -2.37. The molecular weight excluding hydrogens is 290 g/mol.